The second-order valence-electron chi connectivity index (χ2n) is 5.91. The molecule has 27 heavy (non-hydrogen) atoms. The van der Waals surface area contributed by atoms with Gasteiger partial charge >= 0.3 is 18.1 Å². The molecule has 0 bridgehead atoms. The van der Waals surface area contributed by atoms with Crippen LogP contribution in [0.3, 0.4) is 0 Å². The first-order chi connectivity index (χ1) is 12.7. The minimum Gasteiger partial charge on any atom is -0.449 e. The highest BCUT2D eigenvalue weighted by molar-refractivity contribution is 6.32. The van der Waals surface area contributed by atoms with Gasteiger partial charge in [0.1, 0.15) is 5.82 Å². The third kappa shape index (κ3) is 6.40. The van der Waals surface area contributed by atoms with Gasteiger partial charge in [0, 0.05) is 13.1 Å². The zero-order chi connectivity index (χ0) is 20.0. The van der Waals surface area contributed by atoms with Crippen molar-refractivity contribution in [1.29, 1.82) is 0 Å². The lowest BCUT2D eigenvalue weighted by Gasteiger charge is -2.23. The maximum Gasteiger partial charge on any atom is 0.422 e. The molecular weight excluding hydrogens is 366 g/mol. The highest BCUT2D eigenvalue weighted by Crippen LogP contribution is 2.17. The number of rotatable bonds is 5. The van der Waals surface area contributed by atoms with Gasteiger partial charge in [-0.05, 0) is 35.7 Å². The van der Waals surface area contributed by atoms with E-state index in [1.54, 1.807) is 31.2 Å². The summed E-state index contributed by atoms with van der Waals surface area (Å²) in [6.07, 6.45) is -4.73. The number of esters is 1. The van der Waals surface area contributed by atoms with Crippen LogP contribution in [0.5, 0.6) is 0 Å². The monoisotopic (exact) mass is 383 g/mol. The Balaban J connectivity index is 2.19. The van der Waals surface area contributed by atoms with Gasteiger partial charge in [0.15, 0.2) is 6.61 Å². The summed E-state index contributed by atoms with van der Waals surface area (Å²) in [6.45, 7) is -0.136. The van der Waals surface area contributed by atoms with Crippen molar-refractivity contribution in [1.82, 2.24) is 4.90 Å². The Morgan fingerprint density at radius 3 is 2.22 bits per heavy atom. The van der Waals surface area contributed by atoms with E-state index in [4.69, 9.17) is 0 Å². The van der Waals surface area contributed by atoms with E-state index in [2.05, 4.69) is 4.74 Å². The molecule has 0 spiro atoms. The Labute approximate surface area is 153 Å². The lowest BCUT2D eigenvalue weighted by molar-refractivity contribution is -0.189. The minimum atomic E-state index is -4.73. The highest BCUT2D eigenvalue weighted by Gasteiger charge is 2.32. The minimum absolute atomic E-state index is 0.00992. The second-order valence-corrected chi connectivity index (χ2v) is 5.91. The number of aryl methyl sites for hydroxylation is 1. The standard InChI is InChI=1S/C19H17F4NO3/c1-13-4-2-3-5-15(13)11-24(10-14-6-8-16(20)9-7-14)17(25)18(26)27-12-19(21,22)23/h2-9H,10-12H2,1H3. The van der Waals surface area contributed by atoms with Crippen LogP contribution < -0.4 is 0 Å². The molecular formula is C19H17F4NO3. The predicted molar refractivity (Wildman–Crippen MR) is 88.8 cm³/mol. The number of hydrogen-bond acceptors (Lipinski definition) is 3. The van der Waals surface area contributed by atoms with Crippen LogP contribution in [0.4, 0.5) is 17.6 Å². The van der Waals surface area contributed by atoms with Crippen LogP contribution in [0.2, 0.25) is 0 Å². The van der Waals surface area contributed by atoms with Crippen LogP contribution in [0.1, 0.15) is 16.7 Å². The van der Waals surface area contributed by atoms with Crippen LogP contribution in [-0.4, -0.2) is 29.6 Å². The first kappa shape index (κ1) is 20.4. The summed E-state index contributed by atoms with van der Waals surface area (Å²) in [5.74, 6) is -3.27. The van der Waals surface area contributed by atoms with Crippen molar-refractivity contribution in [3.63, 3.8) is 0 Å². The van der Waals surface area contributed by atoms with Gasteiger partial charge < -0.3 is 9.64 Å². The molecule has 0 aromatic heterocycles. The second kappa shape index (κ2) is 8.66. The summed E-state index contributed by atoms with van der Waals surface area (Å²) in [4.78, 5) is 25.2. The fourth-order valence-electron chi connectivity index (χ4n) is 2.34. The molecule has 0 atom stereocenters. The smallest absolute Gasteiger partial charge is 0.422 e. The molecule has 2 aromatic carbocycles. The van der Waals surface area contributed by atoms with Crippen molar-refractivity contribution in [3.05, 3.63) is 71.0 Å². The molecule has 0 aliphatic heterocycles. The van der Waals surface area contributed by atoms with Gasteiger partial charge in [0.05, 0.1) is 0 Å². The number of carbonyl (C=O) groups excluding carboxylic acids is 2. The van der Waals surface area contributed by atoms with Crippen molar-refractivity contribution in [2.75, 3.05) is 6.61 Å². The van der Waals surface area contributed by atoms with Gasteiger partial charge in [-0.1, -0.05) is 36.4 Å². The number of carbonyl (C=O) groups is 2. The zero-order valence-electron chi connectivity index (χ0n) is 14.4. The first-order valence-corrected chi connectivity index (χ1v) is 7.97. The highest BCUT2D eigenvalue weighted by atomic mass is 19.4. The average Bonchev–Trinajstić information content (AvgIpc) is 2.61. The SMILES string of the molecule is Cc1ccccc1CN(Cc1ccc(F)cc1)C(=O)C(=O)OCC(F)(F)F. The molecule has 2 rings (SSSR count). The number of nitrogens with zero attached hydrogens (tertiary/aromatic N) is 1. The summed E-state index contributed by atoms with van der Waals surface area (Å²) in [5.41, 5.74) is 2.08. The fourth-order valence-corrected chi connectivity index (χ4v) is 2.34. The predicted octanol–water partition coefficient (Wildman–Crippen LogP) is 3.77. The topological polar surface area (TPSA) is 46.6 Å². The van der Waals surface area contributed by atoms with Crippen LogP contribution in [-0.2, 0) is 27.4 Å². The molecule has 0 heterocycles. The van der Waals surface area contributed by atoms with E-state index >= 15 is 0 Å². The molecule has 0 N–H and O–H groups in total. The Kier molecular flexibility index (Phi) is 6.55. The number of hydrogen-bond donors (Lipinski definition) is 0. The van der Waals surface area contributed by atoms with Crippen LogP contribution in [0.25, 0.3) is 0 Å². The molecule has 0 aliphatic carbocycles. The largest absolute Gasteiger partial charge is 0.449 e. The third-order valence-electron chi connectivity index (χ3n) is 3.74. The van der Waals surface area contributed by atoms with E-state index in [0.717, 1.165) is 16.0 Å². The van der Waals surface area contributed by atoms with Crippen molar-refractivity contribution in [2.45, 2.75) is 26.2 Å². The van der Waals surface area contributed by atoms with Crippen molar-refractivity contribution in [2.24, 2.45) is 0 Å². The van der Waals surface area contributed by atoms with Crippen LogP contribution >= 0.6 is 0 Å². The normalized spacial score (nSPS) is 11.1. The molecule has 1 amide bonds. The van der Waals surface area contributed by atoms with Crippen molar-refractivity contribution in [3.8, 4) is 0 Å². The van der Waals surface area contributed by atoms with Gasteiger partial charge in [0.25, 0.3) is 0 Å². The lowest BCUT2D eigenvalue weighted by Crippen LogP contribution is -2.38. The molecule has 144 valence electrons. The van der Waals surface area contributed by atoms with Gasteiger partial charge in [-0.25, -0.2) is 9.18 Å². The number of benzene rings is 2. The Bertz CT molecular complexity index is 803. The van der Waals surface area contributed by atoms with Gasteiger partial charge in [0.2, 0.25) is 0 Å². The van der Waals surface area contributed by atoms with E-state index in [9.17, 15) is 27.2 Å². The zero-order valence-corrected chi connectivity index (χ0v) is 14.4. The molecule has 0 fully saturated rings. The summed E-state index contributed by atoms with van der Waals surface area (Å²) in [7, 11) is 0. The molecule has 0 unspecified atom stereocenters. The number of halogens is 4. The number of ether oxygens (including phenoxy) is 1. The van der Waals surface area contributed by atoms with E-state index in [1.165, 1.54) is 24.3 Å². The first-order valence-electron chi connectivity index (χ1n) is 7.97. The quantitative estimate of drug-likeness (QED) is 0.449. The lowest BCUT2D eigenvalue weighted by atomic mass is 10.1. The Morgan fingerprint density at radius 1 is 1.00 bits per heavy atom. The van der Waals surface area contributed by atoms with Gasteiger partial charge in [-0.2, -0.15) is 13.2 Å². The van der Waals surface area contributed by atoms with Crippen LogP contribution in [0.15, 0.2) is 48.5 Å². The summed E-state index contributed by atoms with van der Waals surface area (Å²) >= 11 is 0. The van der Waals surface area contributed by atoms with E-state index < -0.39 is 30.5 Å². The molecule has 4 nitrogen and oxygen atoms in total. The van der Waals surface area contributed by atoms with Crippen molar-refractivity contribution >= 4 is 11.9 Å². The van der Waals surface area contributed by atoms with E-state index in [0.29, 0.717) is 5.56 Å². The summed E-state index contributed by atoms with van der Waals surface area (Å²) < 4.78 is 53.8. The number of amides is 1. The third-order valence-corrected chi connectivity index (χ3v) is 3.74. The maximum atomic E-state index is 13.1. The van der Waals surface area contributed by atoms with E-state index in [-0.39, 0.29) is 13.1 Å². The average molecular weight is 383 g/mol. The Morgan fingerprint density at radius 2 is 1.63 bits per heavy atom. The molecule has 8 heteroatoms. The van der Waals surface area contributed by atoms with Crippen molar-refractivity contribution < 1.29 is 31.9 Å². The van der Waals surface area contributed by atoms with E-state index in [1.807, 2.05) is 0 Å². The molecule has 0 saturated heterocycles. The summed E-state index contributed by atoms with van der Waals surface area (Å²) in [6, 6.07) is 12.3. The maximum absolute atomic E-state index is 13.1. The van der Waals surface area contributed by atoms with Crippen LogP contribution in [0, 0.1) is 12.7 Å². The molecule has 0 radical (unpaired) electrons. The molecule has 2 aromatic rings. The van der Waals surface area contributed by atoms with Gasteiger partial charge in [-0.3, -0.25) is 4.79 Å². The van der Waals surface area contributed by atoms with Gasteiger partial charge in [-0.15, -0.1) is 0 Å². The summed E-state index contributed by atoms with van der Waals surface area (Å²) in [5, 5.41) is 0. The molecule has 0 aliphatic rings. The molecule has 0 saturated carbocycles. The number of alkyl halides is 3. The fraction of sp³-hybridized carbons (Fsp3) is 0.263. The Hall–Kier alpha value is -2.90.